The van der Waals surface area contributed by atoms with Gasteiger partial charge in [-0.15, -0.1) is 0 Å². The van der Waals surface area contributed by atoms with Gasteiger partial charge in [-0.1, -0.05) is 86.3 Å². The zero-order chi connectivity index (χ0) is 15.1. The first-order chi connectivity index (χ1) is 10.2. The lowest BCUT2D eigenvalue weighted by atomic mass is 10.2. The molecule has 0 aliphatic carbocycles. The van der Waals surface area contributed by atoms with Crippen molar-refractivity contribution in [2.24, 2.45) is 0 Å². The highest BCUT2D eigenvalue weighted by molar-refractivity contribution is 6.91. The lowest BCUT2D eigenvalue weighted by Gasteiger charge is -2.28. The summed E-state index contributed by atoms with van der Waals surface area (Å²) in [6.07, 6.45) is 0. The van der Waals surface area contributed by atoms with Gasteiger partial charge in [-0.25, -0.2) is 0 Å². The minimum Gasteiger partial charge on any atom is -0.0675 e. The summed E-state index contributed by atoms with van der Waals surface area (Å²) in [5, 5.41) is 1.56. The Kier molecular flexibility index (Phi) is 5.42. The maximum absolute atomic E-state index is 3.32. The van der Waals surface area contributed by atoms with Crippen LogP contribution in [0, 0.1) is 11.8 Å². The third kappa shape index (κ3) is 3.65. The largest absolute Gasteiger partial charge is 0.0859 e. The monoisotopic (exact) mass is 292 g/mol. The molecule has 108 valence electrons. The van der Waals surface area contributed by atoms with Crippen LogP contribution in [0.25, 0.3) is 0 Å². The molecule has 0 unspecified atom stereocenters. The summed E-state index contributed by atoms with van der Waals surface area (Å²) in [5.74, 6) is 6.58. The Morgan fingerprint density at radius 3 is 1.90 bits per heavy atom. The first kappa shape index (κ1) is 15.6. The number of hydrogen-bond donors (Lipinski definition) is 0. The summed E-state index contributed by atoms with van der Waals surface area (Å²) in [7, 11) is -1.30. The molecule has 0 aliphatic rings. The van der Waals surface area contributed by atoms with E-state index in [0.29, 0.717) is 0 Å². The van der Waals surface area contributed by atoms with Crippen molar-refractivity contribution in [3.05, 3.63) is 65.7 Å². The molecule has 0 heterocycles. The van der Waals surface area contributed by atoms with E-state index in [0.717, 1.165) is 11.1 Å². The number of rotatable bonds is 4. The average molecular weight is 292 g/mol. The van der Waals surface area contributed by atoms with Gasteiger partial charge in [0.15, 0.2) is 0 Å². The summed E-state index contributed by atoms with van der Waals surface area (Å²) in [6.45, 7) is 7.05. The topological polar surface area (TPSA) is 0 Å². The lowest BCUT2D eigenvalue weighted by molar-refractivity contribution is 1.19. The van der Waals surface area contributed by atoms with Gasteiger partial charge in [-0.2, -0.15) is 0 Å². The van der Waals surface area contributed by atoms with Gasteiger partial charge in [0.2, 0.25) is 0 Å². The van der Waals surface area contributed by atoms with Gasteiger partial charge in [0, 0.05) is 11.1 Å². The van der Waals surface area contributed by atoms with E-state index < -0.39 is 8.07 Å². The standard InChI is InChI=1S/C20H24Si/c1-4-21(5-2,6-3)20-14-10-13-19(17-20)16-15-18-11-8-7-9-12-18/h7-14,17H,4-6H2,1-3H3. The van der Waals surface area contributed by atoms with Crippen LogP contribution in [0.5, 0.6) is 0 Å². The third-order valence-corrected chi connectivity index (χ3v) is 10.2. The highest BCUT2D eigenvalue weighted by Crippen LogP contribution is 2.20. The van der Waals surface area contributed by atoms with Crippen molar-refractivity contribution in [2.45, 2.75) is 38.9 Å². The van der Waals surface area contributed by atoms with Gasteiger partial charge in [-0.05, 0) is 24.3 Å². The Balaban J connectivity index is 2.32. The zero-order valence-corrected chi connectivity index (χ0v) is 14.3. The van der Waals surface area contributed by atoms with Crippen molar-refractivity contribution in [2.75, 3.05) is 0 Å². The van der Waals surface area contributed by atoms with Gasteiger partial charge >= 0.3 is 0 Å². The maximum atomic E-state index is 3.32. The van der Waals surface area contributed by atoms with E-state index in [4.69, 9.17) is 0 Å². The number of hydrogen-bond acceptors (Lipinski definition) is 0. The summed E-state index contributed by atoms with van der Waals surface area (Å²) in [4.78, 5) is 0. The normalized spacial score (nSPS) is 10.8. The molecule has 0 fully saturated rings. The van der Waals surface area contributed by atoms with Crippen molar-refractivity contribution in [3.63, 3.8) is 0 Å². The quantitative estimate of drug-likeness (QED) is 0.561. The fraction of sp³-hybridized carbons (Fsp3) is 0.300. The maximum Gasteiger partial charge on any atom is 0.0859 e. The fourth-order valence-corrected chi connectivity index (χ4v) is 6.59. The molecule has 0 amide bonds. The molecule has 0 aromatic heterocycles. The van der Waals surface area contributed by atoms with Crippen LogP contribution < -0.4 is 5.19 Å². The molecular weight excluding hydrogens is 268 g/mol. The van der Waals surface area contributed by atoms with Crippen molar-refractivity contribution in [3.8, 4) is 11.8 Å². The molecule has 21 heavy (non-hydrogen) atoms. The molecule has 2 aromatic rings. The minimum absolute atomic E-state index is 1.08. The van der Waals surface area contributed by atoms with E-state index >= 15 is 0 Å². The molecular formula is C20H24Si. The molecule has 2 rings (SSSR count). The Morgan fingerprint density at radius 2 is 1.29 bits per heavy atom. The van der Waals surface area contributed by atoms with Gasteiger partial charge < -0.3 is 0 Å². The summed E-state index contributed by atoms with van der Waals surface area (Å²) >= 11 is 0. The van der Waals surface area contributed by atoms with E-state index in [2.05, 4.69) is 69.0 Å². The van der Waals surface area contributed by atoms with Crippen LogP contribution in [-0.2, 0) is 0 Å². The van der Waals surface area contributed by atoms with Crippen LogP contribution >= 0.6 is 0 Å². The Bertz CT molecular complexity index is 619. The smallest absolute Gasteiger partial charge is 0.0675 e. The lowest BCUT2D eigenvalue weighted by Crippen LogP contribution is -2.45. The molecule has 0 radical (unpaired) electrons. The van der Waals surface area contributed by atoms with Gasteiger partial charge in [0.05, 0.1) is 8.07 Å². The first-order valence-electron chi connectivity index (χ1n) is 7.91. The van der Waals surface area contributed by atoms with E-state index in [1.807, 2.05) is 18.2 Å². The molecule has 0 atom stereocenters. The molecule has 0 bridgehead atoms. The molecule has 0 spiro atoms. The van der Waals surface area contributed by atoms with E-state index in [1.165, 1.54) is 18.1 Å². The second kappa shape index (κ2) is 7.29. The summed E-state index contributed by atoms with van der Waals surface area (Å²) in [5.41, 5.74) is 2.22. The SMILES string of the molecule is CC[Si](CC)(CC)c1cccc(C#Cc2ccccc2)c1. The van der Waals surface area contributed by atoms with E-state index in [-0.39, 0.29) is 0 Å². The van der Waals surface area contributed by atoms with Crippen LogP contribution in [0.2, 0.25) is 18.1 Å². The van der Waals surface area contributed by atoms with Crippen LogP contribution in [0.15, 0.2) is 54.6 Å². The average Bonchev–Trinajstić information content (AvgIpc) is 2.57. The fourth-order valence-electron chi connectivity index (χ4n) is 2.96. The molecule has 0 N–H and O–H groups in total. The van der Waals surface area contributed by atoms with Crippen LogP contribution in [0.4, 0.5) is 0 Å². The van der Waals surface area contributed by atoms with Crippen molar-refractivity contribution >= 4 is 13.3 Å². The van der Waals surface area contributed by atoms with Gasteiger partial charge in [0.1, 0.15) is 0 Å². The second-order valence-corrected chi connectivity index (χ2v) is 10.8. The third-order valence-electron chi connectivity index (χ3n) is 4.63. The highest BCUT2D eigenvalue weighted by Gasteiger charge is 2.28. The Hall–Kier alpha value is -1.78. The second-order valence-electron chi connectivity index (χ2n) is 5.54. The van der Waals surface area contributed by atoms with Crippen molar-refractivity contribution in [1.82, 2.24) is 0 Å². The molecule has 1 heteroatoms. The van der Waals surface area contributed by atoms with Crippen molar-refractivity contribution in [1.29, 1.82) is 0 Å². The zero-order valence-electron chi connectivity index (χ0n) is 13.3. The van der Waals surface area contributed by atoms with E-state index in [9.17, 15) is 0 Å². The molecule has 2 aromatic carbocycles. The first-order valence-corrected chi connectivity index (χ1v) is 10.5. The predicted molar refractivity (Wildman–Crippen MR) is 95.7 cm³/mol. The predicted octanol–water partition coefficient (Wildman–Crippen LogP) is 4.80. The molecule has 0 aliphatic heterocycles. The van der Waals surface area contributed by atoms with Gasteiger partial charge in [0.25, 0.3) is 0 Å². The molecule has 0 saturated heterocycles. The van der Waals surface area contributed by atoms with Crippen LogP contribution in [-0.4, -0.2) is 8.07 Å². The Morgan fingerprint density at radius 1 is 0.714 bits per heavy atom. The highest BCUT2D eigenvalue weighted by atomic mass is 28.3. The Labute approximate surface area is 130 Å². The van der Waals surface area contributed by atoms with Crippen LogP contribution in [0.1, 0.15) is 31.9 Å². The summed E-state index contributed by atoms with van der Waals surface area (Å²) in [6, 6.07) is 23.1. The summed E-state index contributed by atoms with van der Waals surface area (Å²) < 4.78 is 0. The number of benzene rings is 2. The van der Waals surface area contributed by atoms with Crippen LogP contribution in [0.3, 0.4) is 0 Å². The van der Waals surface area contributed by atoms with E-state index in [1.54, 1.807) is 5.19 Å². The minimum atomic E-state index is -1.30. The molecule has 0 nitrogen and oxygen atoms in total. The van der Waals surface area contributed by atoms with Gasteiger partial charge in [-0.3, -0.25) is 0 Å². The molecule has 0 saturated carbocycles. The van der Waals surface area contributed by atoms with Crippen molar-refractivity contribution < 1.29 is 0 Å².